The molecule has 2 rings (SSSR count). The van der Waals surface area contributed by atoms with Crippen LogP contribution in [0.4, 0.5) is 0 Å². The Bertz CT molecular complexity index is 511. The molecule has 2 aromatic heterocycles. The molecule has 4 heteroatoms. The van der Waals surface area contributed by atoms with Crippen LogP contribution in [0.3, 0.4) is 0 Å². The van der Waals surface area contributed by atoms with E-state index in [0.29, 0.717) is 11.7 Å². The minimum atomic E-state index is 0.561. The normalized spacial score (nSPS) is 10.2. The molecule has 0 atom stereocenters. The Morgan fingerprint density at radius 2 is 1.81 bits per heavy atom. The summed E-state index contributed by atoms with van der Waals surface area (Å²) in [7, 11) is 1.59. The first kappa shape index (κ1) is 10.5. The van der Waals surface area contributed by atoms with Crippen LogP contribution in [-0.4, -0.2) is 22.1 Å². The number of methoxy groups -OCH3 is 1. The van der Waals surface area contributed by atoms with Gasteiger partial charge in [-0.15, -0.1) is 0 Å². The standard InChI is InChI=1S/C12H13N3O/c1-8-5-4-6-10(13-8)12-14-9(2)7-11(15-12)16-3/h4-7H,1-3H3. The van der Waals surface area contributed by atoms with Crippen molar-refractivity contribution in [2.24, 2.45) is 0 Å². The SMILES string of the molecule is COc1cc(C)nc(-c2cccc(C)n2)n1. The van der Waals surface area contributed by atoms with E-state index in [1.165, 1.54) is 0 Å². The van der Waals surface area contributed by atoms with E-state index in [1.807, 2.05) is 32.0 Å². The predicted octanol–water partition coefficient (Wildman–Crippen LogP) is 2.16. The molecule has 2 aromatic rings. The molecule has 0 aliphatic heterocycles. The van der Waals surface area contributed by atoms with Gasteiger partial charge in [-0.3, -0.25) is 0 Å². The quantitative estimate of drug-likeness (QED) is 0.770. The lowest BCUT2D eigenvalue weighted by atomic mass is 10.3. The zero-order valence-electron chi connectivity index (χ0n) is 9.56. The van der Waals surface area contributed by atoms with Crippen LogP contribution in [0.2, 0.25) is 0 Å². The Hall–Kier alpha value is -1.97. The molecule has 0 amide bonds. The van der Waals surface area contributed by atoms with Gasteiger partial charge in [-0.1, -0.05) is 6.07 Å². The van der Waals surface area contributed by atoms with Gasteiger partial charge in [0, 0.05) is 17.5 Å². The van der Waals surface area contributed by atoms with Crippen LogP contribution in [0.15, 0.2) is 24.3 Å². The second-order valence-corrected chi connectivity index (χ2v) is 3.54. The Morgan fingerprint density at radius 1 is 1.00 bits per heavy atom. The third-order valence-electron chi connectivity index (χ3n) is 2.16. The first-order valence-corrected chi connectivity index (χ1v) is 5.03. The second kappa shape index (κ2) is 4.26. The second-order valence-electron chi connectivity index (χ2n) is 3.54. The molecule has 0 spiro atoms. The first-order valence-electron chi connectivity index (χ1n) is 5.03. The lowest BCUT2D eigenvalue weighted by molar-refractivity contribution is 0.397. The van der Waals surface area contributed by atoms with E-state index >= 15 is 0 Å². The van der Waals surface area contributed by atoms with Gasteiger partial charge in [0.05, 0.1) is 7.11 Å². The molecule has 0 radical (unpaired) electrons. The maximum Gasteiger partial charge on any atom is 0.216 e. The maximum absolute atomic E-state index is 5.11. The Balaban J connectivity index is 2.51. The van der Waals surface area contributed by atoms with Crippen LogP contribution in [-0.2, 0) is 0 Å². The molecule has 16 heavy (non-hydrogen) atoms. The van der Waals surface area contributed by atoms with E-state index in [0.717, 1.165) is 17.1 Å². The molecular weight excluding hydrogens is 202 g/mol. The van der Waals surface area contributed by atoms with Gasteiger partial charge in [0.2, 0.25) is 5.88 Å². The average Bonchev–Trinajstić information content (AvgIpc) is 2.28. The van der Waals surface area contributed by atoms with Crippen molar-refractivity contribution < 1.29 is 4.74 Å². The van der Waals surface area contributed by atoms with Crippen LogP contribution in [0, 0.1) is 13.8 Å². The van der Waals surface area contributed by atoms with Gasteiger partial charge in [-0.25, -0.2) is 9.97 Å². The number of nitrogens with zero attached hydrogens (tertiary/aromatic N) is 3. The highest BCUT2D eigenvalue weighted by molar-refractivity contribution is 5.50. The highest BCUT2D eigenvalue weighted by atomic mass is 16.5. The number of rotatable bonds is 2. The lowest BCUT2D eigenvalue weighted by Crippen LogP contribution is -1.97. The predicted molar refractivity (Wildman–Crippen MR) is 61.3 cm³/mol. The van der Waals surface area contributed by atoms with Gasteiger partial charge in [0.1, 0.15) is 5.69 Å². The smallest absolute Gasteiger partial charge is 0.216 e. The molecule has 0 N–H and O–H groups in total. The van der Waals surface area contributed by atoms with E-state index in [1.54, 1.807) is 13.2 Å². The van der Waals surface area contributed by atoms with Gasteiger partial charge >= 0.3 is 0 Å². The summed E-state index contributed by atoms with van der Waals surface area (Å²) in [5.74, 6) is 1.16. The average molecular weight is 215 g/mol. The minimum Gasteiger partial charge on any atom is -0.481 e. The highest BCUT2D eigenvalue weighted by Gasteiger charge is 2.06. The van der Waals surface area contributed by atoms with Crippen LogP contribution >= 0.6 is 0 Å². The summed E-state index contributed by atoms with van der Waals surface area (Å²) in [5.41, 5.74) is 2.58. The molecule has 0 unspecified atom stereocenters. The number of pyridine rings is 1. The zero-order chi connectivity index (χ0) is 11.5. The summed E-state index contributed by atoms with van der Waals surface area (Å²) in [6.07, 6.45) is 0. The van der Waals surface area contributed by atoms with Gasteiger partial charge in [-0.05, 0) is 26.0 Å². The highest BCUT2D eigenvalue weighted by Crippen LogP contribution is 2.16. The summed E-state index contributed by atoms with van der Waals surface area (Å²) in [4.78, 5) is 13.0. The van der Waals surface area contributed by atoms with Gasteiger partial charge in [-0.2, -0.15) is 4.98 Å². The Labute approximate surface area is 94.4 Å². The number of hydrogen-bond donors (Lipinski definition) is 0. The summed E-state index contributed by atoms with van der Waals surface area (Å²) in [6.45, 7) is 3.85. The Morgan fingerprint density at radius 3 is 2.50 bits per heavy atom. The minimum absolute atomic E-state index is 0.561. The van der Waals surface area contributed by atoms with Crippen molar-refractivity contribution in [2.45, 2.75) is 13.8 Å². The molecule has 0 saturated carbocycles. The number of hydrogen-bond acceptors (Lipinski definition) is 4. The lowest BCUT2D eigenvalue weighted by Gasteiger charge is -2.04. The van der Waals surface area contributed by atoms with E-state index in [2.05, 4.69) is 15.0 Å². The van der Waals surface area contributed by atoms with Crippen molar-refractivity contribution in [3.63, 3.8) is 0 Å². The van der Waals surface area contributed by atoms with Crippen LogP contribution in [0.1, 0.15) is 11.4 Å². The summed E-state index contributed by atoms with van der Waals surface area (Å²) < 4.78 is 5.11. The van der Waals surface area contributed by atoms with Crippen molar-refractivity contribution >= 4 is 0 Å². The fraction of sp³-hybridized carbons (Fsp3) is 0.250. The van der Waals surface area contributed by atoms with E-state index in [9.17, 15) is 0 Å². The molecule has 0 fully saturated rings. The zero-order valence-corrected chi connectivity index (χ0v) is 9.56. The van der Waals surface area contributed by atoms with Crippen molar-refractivity contribution in [1.82, 2.24) is 15.0 Å². The number of aryl methyl sites for hydroxylation is 2. The number of aromatic nitrogens is 3. The van der Waals surface area contributed by atoms with Crippen molar-refractivity contribution in [3.05, 3.63) is 35.7 Å². The van der Waals surface area contributed by atoms with Crippen molar-refractivity contribution in [1.29, 1.82) is 0 Å². The topological polar surface area (TPSA) is 47.9 Å². The van der Waals surface area contributed by atoms with E-state index < -0.39 is 0 Å². The molecule has 0 aliphatic carbocycles. The van der Waals surface area contributed by atoms with Crippen LogP contribution in [0.25, 0.3) is 11.5 Å². The first-order chi connectivity index (χ1) is 7.69. The van der Waals surface area contributed by atoms with Crippen molar-refractivity contribution in [3.8, 4) is 17.4 Å². The molecule has 2 heterocycles. The van der Waals surface area contributed by atoms with Crippen LogP contribution < -0.4 is 4.74 Å². The van der Waals surface area contributed by atoms with E-state index in [-0.39, 0.29) is 0 Å². The van der Waals surface area contributed by atoms with E-state index in [4.69, 9.17) is 4.74 Å². The monoisotopic (exact) mass is 215 g/mol. The molecule has 0 aromatic carbocycles. The summed E-state index contributed by atoms with van der Waals surface area (Å²) in [6, 6.07) is 7.56. The van der Waals surface area contributed by atoms with Gasteiger partial charge < -0.3 is 4.74 Å². The van der Waals surface area contributed by atoms with Gasteiger partial charge in [0.25, 0.3) is 0 Å². The number of ether oxygens (including phenoxy) is 1. The third kappa shape index (κ3) is 2.16. The molecule has 4 nitrogen and oxygen atoms in total. The third-order valence-corrected chi connectivity index (χ3v) is 2.16. The maximum atomic E-state index is 5.11. The fourth-order valence-electron chi connectivity index (χ4n) is 1.43. The molecule has 0 saturated heterocycles. The molecule has 0 bridgehead atoms. The summed E-state index contributed by atoms with van der Waals surface area (Å²) >= 11 is 0. The molecule has 82 valence electrons. The fourth-order valence-corrected chi connectivity index (χ4v) is 1.43. The summed E-state index contributed by atoms with van der Waals surface area (Å²) in [5, 5.41) is 0. The molecular formula is C12H13N3O. The van der Waals surface area contributed by atoms with Gasteiger partial charge in [0.15, 0.2) is 5.82 Å². The largest absolute Gasteiger partial charge is 0.481 e. The van der Waals surface area contributed by atoms with Crippen LogP contribution in [0.5, 0.6) is 5.88 Å². The Kier molecular flexibility index (Phi) is 2.81. The van der Waals surface area contributed by atoms with Crippen molar-refractivity contribution in [2.75, 3.05) is 7.11 Å². The molecule has 0 aliphatic rings.